The fourth-order valence-electron chi connectivity index (χ4n) is 3.31. The molecule has 0 radical (unpaired) electrons. The molecule has 3 aromatic rings. The molecule has 7 nitrogen and oxygen atoms in total. The number of hydrogen-bond donors (Lipinski definition) is 0. The standard InChI is InChI=1S/C20H19N3O4/c1-11-9-22-16(10-21-11)19(24)27-14-6-7-17-15(8-14)18(20(25)26-3)12(2)23(17)13-4-5-13/h6-10,13H,4-5H2,1-3H3. The van der Waals surface area contributed by atoms with Crippen LogP contribution in [0.25, 0.3) is 10.9 Å². The van der Waals surface area contributed by atoms with Gasteiger partial charge < -0.3 is 14.0 Å². The van der Waals surface area contributed by atoms with Crippen LogP contribution in [0.5, 0.6) is 5.75 Å². The van der Waals surface area contributed by atoms with Crippen molar-refractivity contribution in [1.29, 1.82) is 0 Å². The highest BCUT2D eigenvalue weighted by Crippen LogP contribution is 2.42. The highest BCUT2D eigenvalue weighted by molar-refractivity contribution is 6.06. The molecular formula is C20H19N3O4. The average molecular weight is 365 g/mol. The van der Waals surface area contributed by atoms with Gasteiger partial charge in [0.05, 0.1) is 24.6 Å². The van der Waals surface area contributed by atoms with Crippen LogP contribution in [0.1, 0.15) is 51.1 Å². The molecular weight excluding hydrogens is 346 g/mol. The Kier molecular flexibility index (Phi) is 4.14. The number of methoxy groups -OCH3 is 1. The number of esters is 2. The van der Waals surface area contributed by atoms with E-state index in [9.17, 15) is 9.59 Å². The normalized spacial score (nSPS) is 13.6. The summed E-state index contributed by atoms with van der Waals surface area (Å²) in [7, 11) is 1.36. The monoisotopic (exact) mass is 365 g/mol. The Morgan fingerprint density at radius 2 is 1.89 bits per heavy atom. The number of aryl methyl sites for hydroxylation is 1. The molecule has 2 aromatic heterocycles. The molecule has 4 rings (SSSR count). The lowest BCUT2D eigenvalue weighted by molar-refractivity contribution is 0.0601. The van der Waals surface area contributed by atoms with Gasteiger partial charge in [-0.1, -0.05) is 0 Å². The fourth-order valence-corrected chi connectivity index (χ4v) is 3.31. The lowest BCUT2D eigenvalue weighted by Gasteiger charge is -2.07. The van der Waals surface area contributed by atoms with Crippen molar-refractivity contribution in [1.82, 2.24) is 14.5 Å². The Balaban J connectivity index is 1.74. The number of benzene rings is 1. The minimum Gasteiger partial charge on any atom is -0.465 e. The van der Waals surface area contributed by atoms with Crippen LogP contribution < -0.4 is 4.74 Å². The number of aromatic nitrogens is 3. The molecule has 1 aliphatic carbocycles. The average Bonchev–Trinajstić information content (AvgIpc) is 3.45. The first-order chi connectivity index (χ1) is 13.0. The second-order valence-corrected chi connectivity index (χ2v) is 6.66. The van der Waals surface area contributed by atoms with E-state index in [0.717, 1.165) is 24.1 Å². The fraction of sp³-hybridized carbons (Fsp3) is 0.300. The molecule has 1 saturated carbocycles. The van der Waals surface area contributed by atoms with Gasteiger partial charge in [0.2, 0.25) is 0 Å². The maximum Gasteiger partial charge on any atom is 0.363 e. The zero-order chi connectivity index (χ0) is 19.1. The Labute approximate surface area is 155 Å². The van der Waals surface area contributed by atoms with E-state index >= 15 is 0 Å². The summed E-state index contributed by atoms with van der Waals surface area (Å²) in [4.78, 5) is 32.7. The van der Waals surface area contributed by atoms with Gasteiger partial charge in [-0.3, -0.25) is 4.98 Å². The lowest BCUT2D eigenvalue weighted by atomic mass is 10.1. The van der Waals surface area contributed by atoms with Gasteiger partial charge >= 0.3 is 11.9 Å². The van der Waals surface area contributed by atoms with E-state index in [2.05, 4.69) is 14.5 Å². The number of rotatable bonds is 4. The molecule has 27 heavy (non-hydrogen) atoms. The molecule has 0 unspecified atom stereocenters. The van der Waals surface area contributed by atoms with Crippen LogP contribution in [0.15, 0.2) is 30.6 Å². The summed E-state index contributed by atoms with van der Waals surface area (Å²) in [5.41, 5.74) is 3.15. The van der Waals surface area contributed by atoms with Crippen LogP contribution in [0.2, 0.25) is 0 Å². The van der Waals surface area contributed by atoms with E-state index in [1.807, 2.05) is 13.0 Å². The minimum absolute atomic E-state index is 0.126. The van der Waals surface area contributed by atoms with Gasteiger partial charge in [0.25, 0.3) is 0 Å². The summed E-state index contributed by atoms with van der Waals surface area (Å²) in [6.45, 7) is 3.70. The number of carbonyl (C=O) groups is 2. The van der Waals surface area contributed by atoms with Crippen molar-refractivity contribution in [3.8, 4) is 5.75 Å². The van der Waals surface area contributed by atoms with Crippen molar-refractivity contribution in [3.63, 3.8) is 0 Å². The Morgan fingerprint density at radius 1 is 1.11 bits per heavy atom. The molecule has 0 N–H and O–H groups in total. The molecule has 7 heteroatoms. The molecule has 0 amide bonds. The topological polar surface area (TPSA) is 83.3 Å². The molecule has 1 aromatic carbocycles. The van der Waals surface area contributed by atoms with Gasteiger partial charge in [0.15, 0.2) is 5.69 Å². The molecule has 0 saturated heterocycles. The molecule has 0 spiro atoms. The Hall–Kier alpha value is -3.22. The summed E-state index contributed by atoms with van der Waals surface area (Å²) >= 11 is 0. The van der Waals surface area contributed by atoms with E-state index in [1.54, 1.807) is 19.1 Å². The van der Waals surface area contributed by atoms with Crippen LogP contribution in [0, 0.1) is 13.8 Å². The van der Waals surface area contributed by atoms with E-state index < -0.39 is 11.9 Å². The zero-order valence-electron chi connectivity index (χ0n) is 15.4. The summed E-state index contributed by atoms with van der Waals surface area (Å²) in [6.07, 6.45) is 5.07. The summed E-state index contributed by atoms with van der Waals surface area (Å²) in [5, 5.41) is 0.714. The van der Waals surface area contributed by atoms with E-state index in [4.69, 9.17) is 9.47 Å². The van der Waals surface area contributed by atoms with Crippen molar-refractivity contribution in [2.75, 3.05) is 7.11 Å². The third-order valence-electron chi connectivity index (χ3n) is 4.72. The smallest absolute Gasteiger partial charge is 0.363 e. The third-order valence-corrected chi connectivity index (χ3v) is 4.72. The van der Waals surface area contributed by atoms with Gasteiger partial charge in [-0.05, 0) is 44.9 Å². The van der Waals surface area contributed by atoms with Gasteiger partial charge in [-0.25, -0.2) is 14.6 Å². The molecule has 0 aliphatic heterocycles. The number of hydrogen-bond acceptors (Lipinski definition) is 6. The minimum atomic E-state index is -0.597. The number of nitrogens with zero attached hydrogens (tertiary/aromatic N) is 3. The number of carbonyl (C=O) groups excluding carboxylic acids is 2. The van der Waals surface area contributed by atoms with Crippen LogP contribution in [0.3, 0.4) is 0 Å². The van der Waals surface area contributed by atoms with Crippen LogP contribution in [0.4, 0.5) is 0 Å². The van der Waals surface area contributed by atoms with Crippen molar-refractivity contribution < 1.29 is 19.1 Å². The van der Waals surface area contributed by atoms with Crippen molar-refractivity contribution in [2.24, 2.45) is 0 Å². The first-order valence-corrected chi connectivity index (χ1v) is 8.73. The first kappa shape index (κ1) is 17.2. The van der Waals surface area contributed by atoms with Crippen LogP contribution in [-0.2, 0) is 4.74 Å². The van der Waals surface area contributed by atoms with Crippen molar-refractivity contribution in [3.05, 3.63) is 53.2 Å². The predicted molar refractivity (Wildman–Crippen MR) is 98.0 cm³/mol. The van der Waals surface area contributed by atoms with Crippen molar-refractivity contribution >= 4 is 22.8 Å². The predicted octanol–water partition coefficient (Wildman–Crippen LogP) is 3.39. The van der Waals surface area contributed by atoms with Crippen molar-refractivity contribution in [2.45, 2.75) is 32.7 Å². The highest BCUT2D eigenvalue weighted by Gasteiger charge is 2.30. The summed E-state index contributed by atoms with van der Waals surface area (Å²) < 4.78 is 12.6. The Bertz CT molecular complexity index is 1050. The molecule has 1 aliphatic rings. The van der Waals surface area contributed by atoms with E-state index in [-0.39, 0.29) is 5.69 Å². The molecule has 0 atom stereocenters. The maximum atomic E-state index is 12.3. The zero-order valence-corrected chi connectivity index (χ0v) is 15.4. The number of ether oxygens (including phenoxy) is 2. The largest absolute Gasteiger partial charge is 0.465 e. The summed E-state index contributed by atoms with van der Waals surface area (Å²) in [6, 6.07) is 5.70. The Morgan fingerprint density at radius 3 is 2.52 bits per heavy atom. The lowest BCUT2D eigenvalue weighted by Crippen LogP contribution is -2.11. The molecule has 1 fully saturated rings. The summed E-state index contributed by atoms with van der Waals surface area (Å²) in [5.74, 6) is -0.655. The van der Waals surface area contributed by atoms with Gasteiger partial charge in [-0.2, -0.15) is 0 Å². The second kappa shape index (κ2) is 6.50. The van der Waals surface area contributed by atoms with E-state index in [1.165, 1.54) is 19.5 Å². The second-order valence-electron chi connectivity index (χ2n) is 6.66. The van der Waals surface area contributed by atoms with Gasteiger partial charge in [0.1, 0.15) is 5.75 Å². The maximum absolute atomic E-state index is 12.3. The number of fused-ring (bicyclic) bond motifs is 1. The van der Waals surface area contributed by atoms with Gasteiger partial charge in [0, 0.05) is 28.8 Å². The molecule has 138 valence electrons. The van der Waals surface area contributed by atoms with E-state index in [0.29, 0.717) is 28.4 Å². The first-order valence-electron chi connectivity index (χ1n) is 8.73. The molecule has 2 heterocycles. The van der Waals surface area contributed by atoms with Crippen LogP contribution in [-0.4, -0.2) is 33.6 Å². The highest BCUT2D eigenvalue weighted by atomic mass is 16.5. The quantitative estimate of drug-likeness (QED) is 0.521. The van der Waals surface area contributed by atoms with Crippen LogP contribution >= 0.6 is 0 Å². The third kappa shape index (κ3) is 3.05. The van der Waals surface area contributed by atoms with Gasteiger partial charge in [-0.15, -0.1) is 0 Å². The SMILES string of the molecule is COC(=O)c1c(C)n(C2CC2)c2ccc(OC(=O)c3cnc(C)cn3)cc12. The molecule has 0 bridgehead atoms.